The smallest absolute Gasteiger partial charge is 0.335 e. The number of hydrogen-bond acceptors (Lipinski definition) is 4. The molecule has 3 aromatic rings. The average molecular weight is 283 g/mol. The van der Waals surface area contributed by atoms with E-state index in [9.17, 15) is 9.18 Å². The van der Waals surface area contributed by atoms with Crippen LogP contribution in [0.3, 0.4) is 0 Å². The molecular formula is C15H10FN3O2. The number of aromatic nitrogens is 2. The number of carboxylic acid groups (broad SMARTS) is 1. The van der Waals surface area contributed by atoms with Crippen molar-refractivity contribution in [2.75, 3.05) is 5.32 Å². The summed E-state index contributed by atoms with van der Waals surface area (Å²) < 4.78 is 13.8. The number of fused-ring (bicyclic) bond motifs is 1. The van der Waals surface area contributed by atoms with Crippen LogP contribution in [-0.4, -0.2) is 21.0 Å². The minimum Gasteiger partial charge on any atom is -0.478 e. The molecule has 0 aliphatic carbocycles. The highest BCUT2D eigenvalue weighted by Gasteiger charge is 2.09. The molecule has 3 rings (SSSR count). The van der Waals surface area contributed by atoms with Crippen LogP contribution in [0.1, 0.15) is 10.4 Å². The molecule has 0 aliphatic heterocycles. The highest BCUT2D eigenvalue weighted by Crippen LogP contribution is 2.21. The molecule has 0 fully saturated rings. The summed E-state index contributed by atoms with van der Waals surface area (Å²) >= 11 is 0. The van der Waals surface area contributed by atoms with Crippen LogP contribution in [0.5, 0.6) is 0 Å². The first kappa shape index (κ1) is 13.0. The zero-order valence-corrected chi connectivity index (χ0v) is 10.7. The first-order chi connectivity index (χ1) is 10.1. The Hall–Kier alpha value is -3.02. The Bertz CT molecular complexity index is 836. The Morgan fingerprint density at radius 2 is 1.90 bits per heavy atom. The SMILES string of the molecule is O=C(O)c1ccc(Nc2cnc3ccccc3n2)c(F)c1. The van der Waals surface area contributed by atoms with E-state index in [1.165, 1.54) is 18.3 Å². The van der Waals surface area contributed by atoms with Crippen molar-refractivity contribution in [1.29, 1.82) is 0 Å². The maximum atomic E-state index is 13.8. The summed E-state index contributed by atoms with van der Waals surface area (Å²) in [6.45, 7) is 0. The molecular weight excluding hydrogens is 273 g/mol. The molecule has 6 heteroatoms. The van der Waals surface area contributed by atoms with E-state index < -0.39 is 11.8 Å². The third-order valence-electron chi connectivity index (χ3n) is 2.93. The highest BCUT2D eigenvalue weighted by molar-refractivity contribution is 5.88. The van der Waals surface area contributed by atoms with E-state index in [0.29, 0.717) is 11.3 Å². The van der Waals surface area contributed by atoms with Gasteiger partial charge in [-0.05, 0) is 30.3 Å². The van der Waals surface area contributed by atoms with Gasteiger partial charge < -0.3 is 10.4 Å². The first-order valence-corrected chi connectivity index (χ1v) is 6.15. The van der Waals surface area contributed by atoms with Gasteiger partial charge in [0.05, 0.1) is 28.5 Å². The number of anilines is 2. The van der Waals surface area contributed by atoms with Crippen LogP contribution in [0.2, 0.25) is 0 Å². The monoisotopic (exact) mass is 283 g/mol. The molecule has 0 saturated carbocycles. The third-order valence-corrected chi connectivity index (χ3v) is 2.93. The highest BCUT2D eigenvalue weighted by atomic mass is 19.1. The summed E-state index contributed by atoms with van der Waals surface area (Å²) in [6, 6.07) is 11.0. The maximum absolute atomic E-state index is 13.8. The van der Waals surface area contributed by atoms with E-state index in [4.69, 9.17) is 5.11 Å². The lowest BCUT2D eigenvalue weighted by molar-refractivity contribution is 0.0696. The molecule has 2 N–H and O–H groups in total. The number of rotatable bonds is 3. The largest absolute Gasteiger partial charge is 0.478 e. The van der Waals surface area contributed by atoms with Gasteiger partial charge in [0, 0.05) is 0 Å². The fraction of sp³-hybridized carbons (Fsp3) is 0. The summed E-state index contributed by atoms with van der Waals surface area (Å²) in [5, 5.41) is 11.6. The van der Waals surface area contributed by atoms with Gasteiger partial charge in [0.1, 0.15) is 11.6 Å². The molecule has 5 nitrogen and oxygen atoms in total. The number of carboxylic acids is 1. The van der Waals surface area contributed by atoms with E-state index >= 15 is 0 Å². The molecule has 0 bridgehead atoms. The summed E-state index contributed by atoms with van der Waals surface area (Å²) in [7, 11) is 0. The van der Waals surface area contributed by atoms with Gasteiger partial charge in [-0.2, -0.15) is 0 Å². The fourth-order valence-corrected chi connectivity index (χ4v) is 1.90. The second-order valence-electron chi connectivity index (χ2n) is 4.37. The van der Waals surface area contributed by atoms with Crippen LogP contribution in [-0.2, 0) is 0 Å². The topological polar surface area (TPSA) is 75.1 Å². The van der Waals surface area contributed by atoms with Crippen molar-refractivity contribution in [3.63, 3.8) is 0 Å². The lowest BCUT2D eigenvalue weighted by atomic mass is 10.2. The zero-order valence-electron chi connectivity index (χ0n) is 10.7. The molecule has 1 aromatic heterocycles. The second kappa shape index (κ2) is 5.16. The lowest BCUT2D eigenvalue weighted by Crippen LogP contribution is -2.01. The van der Waals surface area contributed by atoms with Crippen molar-refractivity contribution in [1.82, 2.24) is 9.97 Å². The van der Waals surface area contributed by atoms with Gasteiger partial charge >= 0.3 is 5.97 Å². The maximum Gasteiger partial charge on any atom is 0.335 e. The predicted molar refractivity (Wildman–Crippen MR) is 76.2 cm³/mol. The van der Waals surface area contributed by atoms with E-state index in [-0.39, 0.29) is 11.3 Å². The third kappa shape index (κ3) is 2.64. The number of benzene rings is 2. The first-order valence-electron chi connectivity index (χ1n) is 6.15. The van der Waals surface area contributed by atoms with E-state index in [0.717, 1.165) is 11.6 Å². The second-order valence-corrected chi connectivity index (χ2v) is 4.37. The molecule has 1 heterocycles. The van der Waals surface area contributed by atoms with Crippen molar-refractivity contribution < 1.29 is 14.3 Å². The van der Waals surface area contributed by atoms with Crippen molar-refractivity contribution in [3.8, 4) is 0 Å². The van der Waals surface area contributed by atoms with Crippen LogP contribution in [0.15, 0.2) is 48.7 Å². The van der Waals surface area contributed by atoms with Crippen LogP contribution in [0, 0.1) is 5.82 Å². The normalized spacial score (nSPS) is 10.5. The number of nitrogens with one attached hydrogen (secondary N) is 1. The van der Waals surface area contributed by atoms with Crippen LogP contribution in [0.4, 0.5) is 15.9 Å². The van der Waals surface area contributed by atoms with Gasteiger partial charge in [0.15, 0.2) is 0 Å². The molecule has 104 valence electrons. The number of nitrogens with zero attached hydrogens (tertiary/aromatic N) is 2. The van der Waals surface area contributed by atoms with Crippen LogP contribution < -0.4 is 5.32 Å². The van der Waals surface area contributed by atoms with Gasteiger partial charge in [-0.15, -0.1) is 0 Å². The Kier molecular flexibility index (Phi) is 3.19. The average Bonchev–Trinajstić information content (AvgIpc) is 2.49. The minimum absolute atomic E-state index is 0.109. The van der Waals surface area contributed by atoms with Gasteiger partial charge in [-0.25, -0.2) is 14.2 Å². The fourth-order valence-electron chi connectivity index (χ4n) is 1.90. The molecule has 0 atom stereocenters. The molecule has 0 radical (unpaired) electrons. The number of hydrogen-bond donors (Lipinski definition) is 2. The molecule has 0 spiro atoms. The molecule has 0 amide bonds. The van der Waals surface area contributed by atoms with Crippen LogP contribution >= 0.6 is 0 Å². The van der Waals surface area contributed by atoms with Crippen LogP contribution in [0.25, 0.3) is 11.0 Å². The molecule has 0 aliphatic rings. The zero-order chi connectivity index (χ0) is 14.8. The Morgan fingerprint density at radius 3 is 2.62 bits per heavy atom. The van der Waals surface area contributed by atoms with Crippen molar-refractivity contribution in [3.05, 3.63) is 60.0 Å². The molecule has 0 unspecified atom stereocenters. The number of halogens is 1. The van der Waals surface area contributed by atoms with E-state index in [1.54, 1.807) is 6.07 Å². The van der Waals surface area contributed by atoms with Crippen molar-refractivity contribution in [2.45, 2.75) is 0 Å². The molecule has 21 heavy (non-hydrogen) atoms. The number of aromatic carboxylic acids is 1. The van der Waals surface area contributed by atoms with E-state index in [1.807, 2.05) is 18.2 Å². The van der Waals surface area contributed by atoms with Gasteiger partial charge in [-0.1, -0.05) is 12.1 Å². The Morgan fingerprint density at radius 1 is 1.14 bits per heavy atom. The quantitative estimate of drug-likeness (QED) is 0.772. The van der Waals surface area contributed by atoms with Crippen molar-refractivity contribution in [2.24, 2.45) is 0 Å². The Labute approximate surface area is 119 Å². The standard InChI is InChI=1S/C15H10FN3O2/c16-10-7-9(15(20)21)5-6-11(10)18-14-8-17-12-3-1-2-4-13(12)19-14/h1-8H,(H,18,19)(H,20,21). The summed E-state index contributed by atoms with van der Waals surface area (Å²) in [4.78, 5) is 19.3. The lowest BCUT2D eigenvalue weighted by Gasteiger charge is -2.07. The van der Waals surface area contributed by atoms with Crippen molar-refractivity contribution >= 4 is 28.5 Å². The summed E-state index contributed by atoms with van der Waals surface area (Å²) in [6.07, 6.45) is 1.49. The Balaban J connectivity index is 1.93. The van der Waals surface area contributed by atoms with Gasteiger partial charge in [0.2, 0.25) is 0 Å². The summed E-state index contributed by atoms with van der Waals surface area (Å²) in [5.41, 5.74) is 1.46. The predicted octanol–water partition coefficient (Wildman–Crippen LogP) is 3.21. The van der Waals surface area contributed by atoms with E-state index in [2.05, 4.69) is 15.3 Å². The number of para-hydroxylation sites is 2. The molecule has 0 saturated heterocycles. The molecule has 2 aromatic carbocycles. The minimum atomic E-state index is -1.18. The summed E-state index contributed by atoms with van der Waals surface area (Å²) in [5.74, 6) is -1.45. The van der Waals surface area contributed by atoms with Gasteiger partial charge in [-0.3, -0.25) is 4.98 Å². The number of carbonyl (C=O) groups is 1. The van der Waals surface area contributed by atoms with Gasteiger partial charge in [0.25, 0.3) is 0 Å².